The number of carbonyl (C=O) groups excluding carboxylic acids is 1. The van der Waals surface area contributed by atoms with Crippen molar-refractivity contribution in [2.24, 2.45) is 11.7 Å². The van der Waals surface area contributed by atoms with Crippen LogP contribution in [0.5, 0.6) is 0 Å². The summed E-state index contributed by atoms with van der Waals surface area (Å²) in [6.45, 7) is 5.38. The van der Waals surface area contributed by atoms with Crippen LogP contribution in [0.4, 0.5) is 0 Å². The molecule has 1 saturated heterocycles. The molecule has 3 nitrogen and oxygen atoms in total. The van der Waals surface area contributed by atoms with Gasteiger partial charge >= 0.3 is 0 Å². The highest BCUT2D eigenvalue weighted by Crippen LogP contribution is 2.42. The molecule has 1 aliphatic carbocycles. The van der Waals surface area contributed by atoms with Gasteiger partial charge in [0.15, 0.2) is 0 Å². The van der Waals surface area contributed by atoms with Crippen molar-refractivity contribution in [2.45, 2.75) is 32.2 Å². The van der Waals surface area contributed by atoms with Crippen molar-refractivity contribution in [1.82, 2.24) is 4.90 Å². The van der Waals surface area contributed by atoms with Crippen LogP contribution in [-0.2, 0) is 4.79 Å². The van der Waals surface area contributed by atoms with Crippen molar-refractivity contribution in [1.29, 1.82) is 0 Å². The molecule has 0 bridgehead atoms. The van der Waals surface area contributed by atoms with Crippen molar-refractivity contribution in [3.63, 3.8) is 0 Å². The normalized spacial score (nSPS) is 36.6. The molecule has 2 unspecified atom stereocenters. The van der Waals surface area contributed by atoms with Gasteiger partial charge in [0.2, 0.25) is 5.91 Å². The zero-order valence-electron chi connectivity index (χ0n) is 8.92. The first-order valence-corrected chi connectivity index (χ1v) is 5.28. The molecule has 1 aliphatic heterocycles. The van der Waals surface area contributed by atoms with Crippen LogP contribution < -0.4 is 5.73 Å². The Bertz CT molecular complexity index is 298. The van der Waals surface area contributed by atoms with E-state index in [-0.39, 0.29) is 11.4 Å². The molecule has 0 aromatic rings. The molecular weight excluding hydrogens is 176 g/mol. The average Bonchev–Trinajstić information content (AvgIpc) is 2.40. The fourth-order valence-electron chi connectivity index (χ4n) is 2.41. The number of nitrogens with zero attached hydrogens (tertiary/aromatic N) is 1. The second-order valence-electron chi connectivity index (χ2n) is 4.63. The Kier molecular flexibility index (Phi) is 2.14. The van der Waals surface area contributed by atoms with E-state index in [2.05, 4.69) is 0 Å². The second-order valence-corrected chi connectivity index (χ2v) is 4.63. The van der Waals surface area contributed by atoms with Crippen molar-refractivity contribution in [2.75, 3.05) is 13.1 Å². The number of allylic oxidation sites excluding steroid dienone is 1. The number of fused-ring (bicyclic) bond motifs is 1. The van der Waals surface area contributed by atoms with Gasteiger partial charge in [0, 0.05) is 24.2 Å². The molecule has 0 radical (unpaired) electrons. The zero-order chi connectivity index (χ0) is 10.3. The highest BCUT2D eigenvalue weighted by Gasteiger charge is 2.51. The molecule has 2 fully saturated rings. The van der Waals surface area contributed by atoms with E-state index in [1.54, 1.807) is 0 Å². The average molecular weight is 194 g/mol. The maximum absolute atomic E-state index is 11.8. The van der Waals surface area contributed by atoms with Gasteiger partial charge in [-0.05, 0) is 32.6 Å². The van der Waals surface area contributed by atoms with E-state index in [1.165, 1.54) is 6.42 Å². The van der Waals surface area contributed by atoms with Gasteiger partial charge in [-0.1, -0.05) is 6.08 Å². The predicted molar refractivity (Wildman–Crippen MR) is 55.7 cm³/mol. The SMILES string of the molecule is C/C=C(\C)C(=O)N1CC2CCC2(N)C1. The molecule has 78 valence electrons. The lowest BCUT2D eigenvalue weighted by atomic mass is 9.70. The Hall–Kier alpha value is -0.830. The Labute approximate surface area is 84.9 Å². The van der Waals surface area contributed by atoms with E-state index in [1.807, 2.05) is 24.8 Å². The van der Waals surface area contributed by atoms with E-state index >= 15 is 0 Å². The minimum absolute atomic E-state index is 0.0519. The molecule has 1 saturated carbocycles. The van der Waals surface area contributed by atoms with E-state index in [9.17, 15) is 4.79 Å². The number of likely N-dealkylation sites (tertiary alicyclic amines) is 1. The second kappa shape index (κ2) is 3.09. The Balaban J connectivity index is 2.05. The van der Waals surface area contributed by atoms with Gasteiger partial charge in [0.1, 0.15) is 0 Å². The fraction of sp³-hybridized carbons (Fsp3) is 0.727. The smallest absolute Gasteiger partial charge is 0.249 e. The summed E-state index contributed by atoms with van der Waals surface area (Å²) in [5.41, 5.74) is 6.94. The summed E-state index contributed by atoms with van der Waals surface area (Å²) in [5.74, 6) is 0.711. The maximum atomic E-state index is 11.8. The van der Waals surface area contributed by atoms with Crippen LogP contribution in [-0.4, -0.2) is 29.4 Å². The van der Waals surface area contributed by atoms with Crippen LogP contribution in [0, 0.1) is 5.92 Å². The van der Waals surface area contributed by atoms with Crippen LogP contribution in [0.25, 0.3) is 0 Å². The van der Waals surface area contributed by atoms with E-state index in [0.29, 0.717) is 5.92 Å². The molecule has 14 heavy (non-hydrogen) atoms. The summed E-state index contributed by atoms with van der Waals surface area (Å²) in [5, 5.41) is 0. The molecule has 1 amide bonds. The third-order valence-corrected chi connectivity index (χ3v) is 3.75. The summed E-state index contributed by atoms with van der Waals surface area (Å²) in [4.78, 5) is 13.7. The topological polar surface area (TPSA) is 46.3 Å². The van der Waals surface area contributed by atoms with Gasteiger partial charge in [-0.15, -0.1) is 0 Å². The lowest BCUT2D eigenvalue weighted by Gasteiger charge is -2.39. The van der Waals surface area contributed by atoms with E-state index in [0.717, 1.165) is 25.1 Å². The number of nitrogens with two attached hydrogens (primary N) is 1. The Morgan fingerprint density at radius 2 is 2.36 bits per heavy atom. The fourth-order valence-corrected chi connectivity index (χ4v) is 2.41. The van der Waals surface area contributed by atoms with E-state index in [4.69, 9.17) is 5.73 Å². The van der Waals surface area contributed by atoms with Crippen molar-refractivity contribution >= 4 is 5.91 Å². The van der Waals surface area contributed by atoms with Gasteiger partial charge < -0.3 is 10.6 Å². The zero-order valence-corrected chi connectivity index (χ0v) is 8.92. The first-order valence-electron chi connectivity index (χ1n) is 5.28. The lowest BCUT2D eigenvalue weighted by molar-refractivity contribution is -0.126. The molecule has 2 rings (SSSR count). The molecule has 3 heteroatoms. The van der Waals surface area contributed by atoms with Crippen molar-refractivity contribution < 1.29 is 4.79 Å². The number of hydrogen-bond acceptors (Lipinski definition) is 2. The minimum Gasteiger partial charge on any atom is -0.337 e. The molecule has 0 spiro atoms. The standard InChI is InChI=1S/C11H18N2O/c1-3-8(2)10(14)13-6-9-4-5-11(9,12)7-13/h3,9H,4-7,12H2,1-2H3/b8-3+. The monoisotopic (exact) mass is 194 g/mol. The summed E-state index contributed by atoms with van der Waals surface area (Å²) >= 11 is 0. The maximum Gasteiger partial charge on any atom is 0.249 e. The first-order chi connectivity index (χ1) is 6.57. The largest absolute Gasteiger partial charge is 0.337 e. The molecular formula is C11H18N2O. The van der Waals surface area contributed by atoms with E-state index < -0.39 is 0 Å². The number of carbonyl (C=O) groups is 1. The Morgan fingerprint density at radius 3 is 2.71 bits per heavy atom. The Morgan fingerprint density at radius 1 is 1.64 bits per heavy atom. The van der Waals surface area contributed by atoms with Crippen molar-refractivity contribution in [3.05, 3.63) is 11.6 Å². The molecule has 2 N–H and O–H groups in total. The molecule has 0 aromatic heterocycles. The van der Waals surface area contributed by atoms with Crippen LogP contribution in [0.3, 0.4) is 0 Å². The molecule has 2 aliphatic rings. The van der Waals surface area contributed by atoms with Crippen molar-refractivity contribution in [3.8, 4) is 0 Å². The molecule has 1 heterocycles. The van der Waals surface area contributed by atoms with Crippen LogP contribution >= 0.6 is 0 Å². The highest BCUT2D eigenvalue weighted by atomic mass is 16.2. The number of rotatable bonds is 1. The minimum atomic E-state index is -0.0519. The highest BCUT2D eigenvalue weighted by molar-refractivity contribution is 5.93. The summed E-state index contributed by atoms with van der Waals surface area (Å²) in [6, 6.07) is 0. The van der Waals surface area contributed by atoms with Gasteiger partial charge in [0.25, 0.3) is 0 Å². The molecule has 2 atom stereocenters. The van der Waals surface area contributed by atoms with Gasteiger partial charge in [-0.25, -0.2) is 0 Å². The number of amides is 1. The third kappa shape index (κ3) is 1.27. The van der Waals surface area contributed by atoms with Crippen LogP contribution in [0.15, 0.2) is 11.6 Å². The van der Waals surface area contributed by atoms with Gasteiger partial charge in [-0.2, -0.15) is 0 Å². The number of hydrogen-bond donors (Lipinski definition) is 1. The first kappa shape index (κ1) is 9.71. The third-order valence-electron chi connectivity index (χ3n) is 3.75. The van der Waals surface area contributed by atoms with Crippen LogP contribution in [0.2, 0.25) is 0 Å². The van der Waals surface area contributed by atoms with Gasteiger partial charge in [0.05, 0.1) is 0 Å². The lowest BCUT2D eigenvalue weighted by Crippen LogP contribution is -2.54. The predicted octanol–water partition coefficient (Wildman–Crippen LogP) is 0.902. The van der Waals surface area contributed by atoms with Crippen LogP contribution in [0.1, 0.15) is 26.7 Å². The summed E-state index contributed by atoms with van der Waals surface area (Å²) < 4.78 is 0. The quantitative estimate of drug-likeness (QED) is 0.630. The van der Waals surface area contributed by atoms with Gasteiger partial charge in [-0.3, -0.25) is 4.79 Å². The molecule has 0 aromatic carbocycles. The summed E-state index contributed by atoms with van der Waals surface area (Å²) in [7, 11) is 0. The summed E-state index contributed by atoms with van der Waals surface area (Å²) in [6.07, 6.45) is 4.14.